The molecular formula is C35H40FN5O5. The third-order valence-electron chi connectivity index (χ3n) is 9.73. The summed E-state index contributed by atoms with van der Waals surface area (Å²) in [5.74, 6) is 0.304. The first-order valence-electron chi connectivity index (χ1n) is 15.9. The lowest BCUT2D eigenvalue weighted by Gasteiger charge is -2.43. The Morgan fingerprint density at radius 2 is 1.65 bits per heavy atom. The Morgan fingerprint density at radius 1 is 0.935 bits per heavy atom. The summed E-state index contributed by atoms with van der Waals surface area (Å²) >= 11 is 0. The Bertz CT molecular complexity index is 1580. The summed E-state index contributed by atoms with van der Waals surface area (Å²) in [6, 6.07) is 19.8. The van der Waals surface area contributed by atoms with Crippen LogP contribution in [-0.2, 0) is 11.3 Å². The van der Waals surface area contributed by atoms with Crippen LogP contribution in [0.2, 0.25) is 0 Å². The van der Waals surface area contributed by atoms with E-state index in [9.17, 15) is 19.7 Å². The van der Waals surface area contributed by atoms with E-state index in [1.165, 1.54) is 17.0 Å². The minimum Gasteiger partial charge on any atom is -0.497 e. The van der Waals surface area contributed by atoms with Crippen molar-refractivity contribution in [3.05, 3.63) is 93.5 Å². The number of nitro groups is 1. The Kier molecular flexibility index (Phi) is 9.21. The number of alkyl halides is 1. The van der Waals surface area contributed by atoms with Gasteiger partial charge >= 0.3 is 6.03 Å². The number of hydrogen-bond acceptors (Lipinski definition) is 7. The topological polar surface area (TPSA) is 99.5 Å². The summed E-state index contributed by atoms with van der Waals surface area (Å²) in [6.45, 7) is 5.45. The number of nitro benzene ring substituents is 1. The maximum Gasteiger partial charge on any atom is 0.331 e. The fourth-order valence-corrected chi connectivity index (χ4v) is 7.09. The highest BCUT2D eigenvalue weighted by Gasteiger charge is 2.36. The van der Waals surface area contributed by atoms with Crippen molar-refractivity contribution in [2.75, 3.05) is 49.6 Å². The minimum atomic E-state index is -1.01. The van der Waals surface area contributed by atoms with Gasteiger partial charge in [0.2, 0.25) is 5.91 Å². The average molecular weight is 630 g/mol. The van der Waals surface area contributed by atoms with Gasteiger partial charge in [0.1, 0.15) is 11.9 Å². The van der Waals surface area contributed by atoms with Gasteiger partial charge in [-0.2, -0.15) is 0 Å². The average Bonchev–Trinajstić information content (AvgIpc) is 3.07. The number of rotatable bonds is 8. The van der Waals surface area contributed by atoms with Gasteiger partial charge in [-0.15, -0.1) is 0 Å². The fourth-order valence-electron chi connectivity index (χ4n) is 7.09. The number of halogens is 1. The molecule has 6 rings (SSSR count). The fraction of sp³-hybridized carbons (Fsp3) is 0.429. The first-order valence-corrected chi connectivity index (χ1v) is 15.9. The van der Waals surface area contributed by atoms with Gasteiger partial charge in [-0.25, -0.2) is 9.18 Å². The number of hydrogen-bond donors (Lipinski definition) is 0. The zero-order valence-corrected chi connectivity index (χ0v) is 26.3. The number of urea groups is 1. The molecule has 2 unspecified atom stereocenters. The van der Waals surface area contributed by atoms with Gasteiger partial charge < -0.3 is 9.64 Å². The van der Waals surface area contributed by atoms with Crippen LogP contribution >= 0.6 is 0 Å². The van der Waals surface area contributed by atoms with E-state index in [1.807, 2.05) is 43.3 Å². The molecule has 0 radical (unpaired) electrons. The Hall–Kier alpha value is -4.51. The summed E-state index contributed by atoms with van der Waals surface area (Å²) in [4.78, 5) is 44.4. The third kappa shape index (κ3) is 6.55. The Labute approximate surface area is 268 Å². The van der Waals surface area contributed by atoms with Crippen molar-refractivity contribution in [1.29, 1.82) is 0 Å². The van der Waals surface area contributed by atoms with E-state index in [-0.39, 0.29) is 36.5 Å². The smallest absolute Gasteiger partial charge is 0.331 e. The maximum atomic E-state index is 15.3. The summed E-state index contributed by atoms with van der Waals surface area (Å²) < 4.78 is 20.6. The number of benzene rings is 3. The molecule has 10 nitrogen and oxygen atoms in total. The summed E-state index contributed by atoms with van der Waals surface area (Å²) in [7, 11) is 1.60. The molecule has 3 aliphatic rings. The lowest BCUT2D eigenvalue weighted by molar-refractivity contribution is -0.384. The first-order chi connectivity index (χ1) is 22.2. The molecule has 46 heavy (non-hydrogen) atoms. The van der Waals surface area contributed by atoms with E-state index in [2.05, 4.69) is 15.9 Å². The highest BCUT2D eigenvalue weighted by molar-refractivity contribution is 6.06. The Balaban J connectivity index is 1.04. The zero-order chi connectivity index (χ0) is 32.4. The number of aryl methyl sites for hydroxylation is 1. The molecule has 2 atom stereocenters. The van der Waals surface area contributed by atoms with E-state index in [0.717, 1.165) is 66.3 Å². The van der Waals surface area contributed by atoms with Crippen LogP contribution in [0.25, 0.3) is 0 Å². The number of carbonyl (C=O) groups excluding carboxylic acids is 2. The monoisotopic (exact) mass is 629 g/mol. The van der Waals surface area contributed by atoms with Crippen LogP contribution < -0.4 is 14.5 Å². The van der Waals surface area contributed by atoms with Crippen molar-refractivity contribution in [2.45, 2.75) is 57.3 Å². The number of nitrogens with zero attached hydrogens (tertiary/aromatic N) is 5. The van der Waals surface area contributed by atoms with E-state index in [1.54, 1.807) is 24.1 Å². The van der Waals surface area contributed by atoms with Crippen molar-refractivity contribution < 1.29 is 23.6 Å². The minimum absolute atomic E-state index is 0.0251. The summed E-state index contributed by atoms with van der Waals surface area (Å²) in [6.07, 6.45) is 1.81. The van der Waals surface area contributed by atoms with E-state index in [4.69, 9.17) is 4.74 Å². The lowest BCUT2D eigenvalue weighted by atomic mass is 9.86. The summed E-state index contributed by atoms with van der Waals surface area (Å²) in [5.41, 5.74) is 4.58. The zero-order valence-electron chi connectivity index (χ0n) is 26.3. The standard InChI is InChI=1S/C35H40FN5O5/c1-24-21-29(9-12-33(24)39-20-16-34(42)40(35(39)43)22-25-3-10-30(46-2)11-4-25)37-17-13-27(14-18-37)38-19-15-31(32(36)23-38)26-5-7-28(8-6-26)41(44)45/h3-12,21,27,31-32H,13-20,22-23H2,1-2H3. The van der Waals surface area contributed by atoms with E-state index in [0.29, 0.717) is 25.6 Å². The molecule has 3 amide bonds. The molecule has 3 saturated heterocycles. The van der Waals surface area contributed by atoms with Crippen LogP contribution in [0.1, 0.15) is 48.3 Å². The molecule has 3 fully saturated rings. The number of likely N-dealkylation sites (tertiary alicyclic amines) is 1. The van der Waals surface area contributed by atoms with Crippen LogP contribution in [0, 0.1) is 17.0 Å². The highest BCUT2D eigenvalue weighted by atomic mass is 19.1. The molecule has 3 aromatic carbocycles. The van der Waals surface area contributed by atoms with Crippen molar-refractivity contribution in [2.24, 2.45) is 0 Å². The van der Waals surface area contributed by atoms with E-state index >= 15 is 4.39 Å². The van der Waals surface area contributed by atoms with Gasteiger partial charge in [0, 0.05) is 68.1 Å². The van der Waals surface area contributed by atoms with Crippen LogP contribution in [0.5, 0.6) is 5.75 Å². The normalized spacial score (nSPS) is 21.5. The van der Waals surface area contributed by atoms with Gasteiger partial charge in [-0.3, -0.25) is 29.6 Å². The quantitative estimate of drug-likeness (QED) is 0.220. The molecule has 3 heterocycles. The molecule has 11 heteroatoms. The molecular weight excluding hydrogens is 589 g/mol. The van der Waals surface area contributed by atoms with Crippen molar-refractivity contribution >= 4 is 29.0 Å². The Morgan fingerprint density at radius 3 is 2.28 bits per heavy atom. The molecule has 0 aliphatic carbocycles. The second-order valence-corrected chi connectivity index (χ2v) is 12.5. The predicted octanol–water partition coefficient (Wildman–Crippen LogP) is 6.07. The molecule has 0 bridgehead atoms. The van der Waals surface area contributed by atoms with Crippen LogP contribution in [0.15, 0.2) is 66.7 Å². The number of piperidine rings is 2. The lowest BCUT2D eigenvalue weighted by Crippen LogP contribution is -2.52. The molecule has 0 N–H and O–H groups in total. The number of carbonyl (C=O) groups is 2. The number of non-ortho nitro benzene ring substituents is 1. The van der Waals surface area contributed by atoms with Crippen molar-refractivity contribution in [1.82, 2.24) is 9.80 Å². The van der Waals surface area contributed by atoms with Gasteiger partial charge in [0.05, 0.1) is 18.6 Å². The van der Waals surface area contributed by atoms with Crippen molar-refractivity contribution in [3.63, 3.8) is 0 Å². The van der Waals surface area contributed by atoms with Gasteiger partial charge in [0.25, 0.3) is 5.69 Å². The molecule has 0 aromatic heterocycles. The van der Waals surface area contributed by atoms with Crippen LogP contribution in [-0.4, -0.2) is 78.7 Å². The molecule has 242 valence electrons. The molecule has 3 aromatic rings. The first kappa shape index (κ1) is 31.5. The largest absolute Gasteiger partial charge is 0.497 e. The van der Waals surface area contributed by atoms with Crippen LogP contribution in [0.3, 0.4) is 0 Å². The van der Waals surface area contributed by atoms with Crippen molar-refractivity contribution in [3.8, 4) is 5.75 Å². The predicted molar refractivity (Wildman–Crippen MR) is 174 cm³/mol. The second-order valence-electron chi connectivity index (χ2n) is 12.5. The van der Waals surface area contributed by atoms with Gasteiger partial charge in [-0.1, -0.05) is 24.3 Å². The molecule has 0 spiro atoms. The molecule has 0 saturated carbocycles. The number of amides is 3. The number of methoxy groups -OCH3 is 1. The third-order valence-corrected chi connectivity index (χ3v) is 9.73. The van der Waals surface area contributed by atoms with Gasteiger partial charge in [-0.05, 0) is 79.8 Å². The number of ether oxygens (including phenoxy) is 1. The maximum absolute atomic E-state index is 15.3. The number of imide groups is 1. The van der Waals surface area contributed by atoms with Crippen LogP contribution in [0.4, 0.5) is 26.2 Å². The SMILES string of the molecule is COc1ccc(CN2C(=O)CCN(c3ccc(N4CCC(N5CCC(c6ccc([N+](=O)[O-])cc6)C(F)C5)CC4)cc3C)C2=O)cc1. The summed E-state index contributed by atoms with van der Waals surface area (Å²) in [5, 5.41) is 11.0. The second kappa shape index (κ2) is 13.5. The highest BCUT2D eigenvalue weighted by Crippen LogP contribution is 2.35. The molecule has 3 aliphatic heterocycles. The van der Waals surface area contributed by atoms with E-state index < -0.39 is 11.1 Å². The van der Waals surface area contributed by atoms with Gasteiger partial charge in [0.15, 0.2) is 0 Å². The number of anilines is 2.